The predicted octanol–water partition coefficient (Wildman–Crippen LogP) is 3.22. The molecule has 0 aliphatic carbocycles. The molecule has 0 bridgehead atoms. The van der Waals surface area contributed by atoms with Crippen LogP contribution in [0.4, 0.5) is 4.39 Å². The standard InChI is InChI=1S/C17H27FN2O/c1-4-5-13(2)17(20-10-8-19-9-11-20)15-12-14(18)6-7-16(15)21-3/h6-7,12-13,17,19H,4-5,8-11H2,1-3H3/t13?,17-/m1/s1. The van der Waals surface area contributed by atoms with E-state index in [-0.39, 0.29) is 11.9 Å². The molecular formula is C17H27FN2O. The Kier molecular flexibility index (Phi) is 6.00. The summed E-state index contributed by atoms with van der Waals surface area (Å²) in [7, 11) is 1.66. The first kappa shape index (κ1) is 16.2. The Labute approximate surface area is 127 Å². The Hall–Kier alpha value is -1.13. The van der Waals surface area contributed by atoms with Crippen LogP contribution in [0.25, 0.3) is 0 Å². The second-order valence-corrected chi connectivity index (χ2v) is 5.88. The molecule has 1 aliphatic heterocycles. The zero-order valence-corrected chi connectivity index (χ0v) is 13.4. The average Bonchev–Trinajstić information content (AvgIpc) is 2.49. The van der Waals surface area contributed by atoms with E-state index in [2.05, 4.69) is 24.1 Å². The Morgan fingerprint density at radius 3 is 2.67 bits per heavy atom. The van der Waals surface area contributed by atoms with Gasteiger partial charge in [0.1, 0.15) is 11.6 Å². The maximum Gasteiger partial charge on any atom is 0.123 e. The van der Waals surface area contributed by atoms with Crippen molar-refractivity contribution < 1.29 is 9.13 Å². The predicted molar refractivity (Wildman–Crippen MR) is 84.2 cm³/mol. The maximum atomic E-state index is 13.8. The molecular weight excluding hydrogens is 267 g/mol. The molecule has 1 aliphatic rings. The number of ether oxygens (including phenoxy) is 1. The van der Waals surface area contributed by atoms with E-state index in [0.717, 1.165) is 50.3 Å². The van der Waals surface area contributed by atoms with Crippen molar-refractivity contribution >= 4 is 0 Å². The van der Waals surface area contributed by atoms with Crippen molar-refractivity contribution in [2.24, 2.45) is 5.92 Å². The molecule has 3 nitrogen and oxygen atoms in total. The Bertz CT molecular complexity index is 446. The first-order valence-corrected chi connectivity index (χ1v) is 7.95. The zero-order chi connectivity index (χ0) is 15.2. The minimum atomic E-state index is -0.186. The molecule has 1 heterocycles. The Balaban J connectivity index is 2.35. The van der Waals surface area contributed by atoms with E-state index in [1.165, 1.54) is 6.07 Å². The molecule has 1 N–H and O–H groups in total. The molecule has 1 fully saturated rings. The lowest BCUT2D eigenvalue weighted by Crippen LogP contribution is -2.46. The summed E-state index contributed by atoms with van der Waals surface area (Å²) in [5.74, 6) is 1.08. The van der Waals surface area contributed by atoms with Crippen molar-refractivity contribution in [2.75, 3.05) is 33.3 Å². The Morgan fingerprint density at radius 2 is 2.05 bits per heavy atom. The van der Waals surface area contributed by atoms with Gasteiger partial charge in [0.2, 0.25) is 0 Å². The zero-order valence-electron chi connectivity index (χ0n) is 13.4. The van der Waals surface area contributed by atoms with E-state index < -0.39 is 0 Å². The number of piperazine rings is 1. The molecule has 0 amide bonds. The van der Waals surface area contributed by atoms with Gasteiger partial charge in [0.15, 0.2) is 0 Å². The van der Waals surface area contributed by atoms with Gasteiger partial charge >= 0.3 is 0 Å². The second-order valence-electron chi connectivity index (χ2n) is 5.88. The summed E-state index contributed by atoms with van der Waals surface area (Å²) in [4.78, 5) is 2.47. The van der Waals surface area contributed by atoms with Gasteiger partial charge in [-0.15, -0.1) is 0 Å². The van der Waals surface area contributed by atoms with Gasteiger partial charge in [-0.05, 0) is 30.5 Å². The SMILES string of the molecule is CCCC(C)[C@H](c1cc(F)ccc1OC)N1CCNCC1. The lowest BCUT2D eigenvalue weighted by Gasteiger charge is -2.39. The summed E-state index contributed by atoms with van der Waals surface area (Å²) in [5.41, 5.74) is 0.986. The third kappa shape index (κ3) is 3.95. The van der Waals surface area contributed by atoms with Gasteiger partial charge in [0.05, 0.1) is 7.11 Å². The molecule has 0 radical (unpaired) electrons. The first-order valence-electron chi connectivity index (χ1n) is 7.95. The summed E-state index contributed by atoms with van der Waals surface area (Å²) in [6.07, 6.45) is 2.27. The van der Waals surface area contributed by atoms with Gasteiger partial charge in [0.25, 0.3) is 0 Å². The first-order chi connectivity index (χ1) is 10.2. The number of halogens is 1. The lowest BCUT2D eigenvalue weighted by molar-refractivity contribution is 0.123. The fourth-order valence-corrected chi connectivity index (χ4v) is 3.37. The fourth-order valence-electron chi connectivity index (χ4n) is 3.37. The summed E-state index contributed by atoms with van der Waals surface area (Å²) >= 11 is 0. The molecule has 0 saturated carbocycles. The molecule has 1 aromatic rings. The highest BCUT2D eigenvalue weighted by Crippen LogP contribution is 2.37. The molecule has 0 aromatic heterocycles. The third-order valence-electron chi connectivity index (χ3n) is 4.34. The minimum Gasteiger partial charge on any atom is -0.496 e. The normalized spacial score (nSPS) is 19.2. The monoisotopic (exact) mass is 294 g/mol. The number of rotatable bonds is 6. The molecule has 4 heteroatoms. The second kappa shape index (κ2) is 7.76. The van der Waals surface area contributed by atoms with E-state index in [1.807, 2.05) is 0 Å². The van der Waals surface area contributed by atoms with E-state index in [1.54, 1.807) is 19.2 Å². The van der Waals surface area contributed by atoms with Crippen LogP contribution in [0, 0.1) is 11.7 Å². The molecule has 1 unspecified atom stereocenters. The summed E-state index contributed by atoms with van der Waals surface area (Å²) in [5, 5.41) is 3.38. The van der Waals surface area contributed by atoms with Crippen molar-refractivity contribution in [1.29, 1.82) is 0 Å². The Morgan fingerprint density at radius 1 is 1.33 bits per heavy atom. The van der Waals surface area contributed by atoms with Crippen molar-refractivity contribution in [3.8, 4) is 5.75 Å². The number of nitrogens with one attached hydrogen (secondary N) is 1. The maximum absolute atomic E-state index is 13.8. The van der Waals surface area contributed by atoms with Gasteiger partial charge in [-0.25, -0.2) is 4.39 Å². The summed E-state index contributed by atoms with van der Waals surface area (Å²) in [6.45, 7) is 8.45. The van der Waals surface area contributed by atoms with Crippen LogP contribution in [0.5, 0.6) is 5.75 Å². The number of methoxy groups -OCH3 is 1. The van der Waals surface area contributed by atoms with Crippen LogP contribution < -0.4 is 10.1 Å². The van der Waals surface area contributed by atoms with E-state index in [0.29, 0.717) is 5.92 Å². The number of hydrogen-bond acceptors (Lipinski definition) is 3. The van der Waals surface area contributed by atoms with Crippen molar-refractivity contribution in [3.63, 3.8) is 0 Å². The fraction of sp³-hybridized carbons (Fsp3) is 0.647. The van der Waals surface area contributed by atoms with E-state index in [4.69, 9.17) is 4.74 Å². The molecule has 2 rings (SSSR count). The molecule has 1 saturated heterocycles. The van der Waals surface area contributed by atoms with Crippen LogP contribution in [0.1, 0.15) is 38.3 Å². The van der Waals surface area contributed by atoms with Gasteiger partial charge in [-0.2, -0.15) is 0 Å². The summed E-state index contributed by atoms with van der Waals surface area (Å²) in [6, 6.07) is 5.09. The highest BCUT2D eigenvalue weighted by atomic mass is 19.1. The summed E-state index contributed by atoms with van der Waals surface area (Å²) < 4.78 is 19.3. The lowest BCUT2D eigenvalue weighted by atomic mass is 9.88. The third-order valence-corrected chi connectivity index (χ3v) is 4.34. The number of nitrogens with zero attached hydrogens (tertiary/aromatic N) is 1. The smallest absolute Gasteiger partial charge is 0.123 e. The topological polar surface area (TPSA) is 24.5 Å². The van der Waals surface area contributed by atoms with Crippen LogP contribution in [0.15, 0.2) is 18.2 Å². The van der Waals surface area contributed by atoms with Crippen molar-refractivity contribution in [3.05, 3.63) is 29.6 Å². The quantitative estimate of drug-likeness (QED) is 0.872. The van der Waals surface area contributed by atoms with Crippen LogP contribution >= 0.6 is 0 Å². The van der Waals surface area contributed by atoms with Crippen LogP contribution in [-0.2, 0) is 0 Å². The molecule has 1 aromatic carbocycles. The molecule has 21 heavy (non-hydrogen) atoms. The number of hydrogen-bond donors (Lipinski definition) is 1. The van der Waals surface area contributed by atoms with Gasteiger partial charge in [-0.1, -0.05) is 20.3 Å². The van der Waals surface area contributed by atoms with Crippen LogP contribution in [-0.4, -0.2) is 38.2 Å². The molecule has 0 spiro atoms. The van der Waals surface area contributed by atoms with Gasteiger partial charge in [0, 0.05) is 37.8 Å². The highest BCUT2D eigenvalue weighted by Gasteiger charge is 2.29. The minimum absolute atomic E-state index is 0.186. The molecule has 118 valence electrons. The van der Waals surface area contributed by atoms with Crippen molar-refractivity contribution in [2.45, 2.75) is 32.7 Å². The van der Waals surface area contributed by atoms with Crippen LogP contribution in [0.2, 0.25) is 0 Å². The van der Waals surface area contributed by atoms with Gasteiger partial charge in [-0.3, -0.25) is 4.90 Å². The van der Waals surface area contributed by atoms with E-state index >= 15 is 0 Å². The van der Waals surface area contributed by atoms with Gasteiger partial charge < -0.3 is 10.1 Å². The van der Waals surface area contributed by atoms with Crippen molar-refractivity contribution in [1.82, 2.24) is 10.2 Å². The van der Waals surface area contributed by atoms with E-state index in [9.17, 15) is 4.39 Å². The molecule has 2 atom stereocenters. The average molecular weight is 294 g/mol. The highest BCUT2D eigenvalue weighted by molar-refractivity contribution is 5.37. The van der Waals surface area contributed by atoms with Crippen LogP contribution in [0.3, 0.4) is 0 Å². The largest absolute Gasteiger partial charge is 0.496 e. The number of benzene rings is 1.